The van der Waals surface area contributed by atoms with E-state index in [2.05, 4.69) is 10.6 Å². The first-order valence-corrected chi connectivity index (χ1v) is 8.84. The normalized spacial score (nSPS) is 23.2. The quantitative estimate of drug-likeness (QED) is 0.662. The maximum atomic E-state index is 13.8. The van der Waals surface area contributed by atoms with Crippen LogP contribution in [-0.2, 0) is 16.1 Å². The molecule has 1 saturated carbocycles. The fraction of sp³-hybridized carbons (Fsp3) is 0.556. The number of rotatable bonds is 7. The van der Waals surface area contributed by atoms with Crippen LogP contribution in [0.3, 0.4) is 0 Å². The number of hydrogen-bond acceptors (Lipinski definition) is 4. The molecule has 8 heteroatoms. The number of carbonyl (C=O) groups excluding carboxylic acids is 2. The molecule has 26 heavy (non-hydrogen) atoms. The molecular weight excluding hydrogens is 344 g/mol. The van der Waals surface area contributed by atoms with E-state index < -0.39 is 23.1 Å². The van der Waals surface area contributed by atoms with E-state index in [1.165, 1.54) is 17.0 Å². The molecule has 1 atom stereocenters. The maximum absolute atomic E-state index is 13.8. The Hall–Kier alpha value is -2.06. The lowest BCUT2D eigenvalue weighted by Gasteiger charge is -2.38. The summed E-state index contributed by atoms with van der Waals surface area (Å²) < 4.78 is 27.2. The average molecular weight is 367 g/mol. The molecular formula is C18H23F2N3O3. The molecule has 3 rings (SSSR count). The van der Waals surface area contributed by atoms with Crippen molar-refractivity contribution in [1.82, 2.24) is 15.5 Å². The Balaban J connectivity index is 1.57. The second kappa shape index (κ2) is 7.67. The summed E-state index contributed by atoms with van der Waals surface area (Å²) >= 11 is 0. The van der Waals surface area contributed by atoms with Crippen molar-refractivity contribution in [2.75, 3.05) is 19.6 Å². The van der Waals surface area contributed by atoms with Gasteiger partial charge < -0.3 is 20.6 Å². The third kappa shape index (κ3) is 4.37. The summed E-state index contributed by atoms with van der Waals surface area (Å²) in [6.07, 6.45) is 2.76. The third-order valence-electron chi connectivity index (χ3n) is 4.74. The number of nitrogens with one attached hydrogen (secondary N) is 2. The SMILES string of the molecule is O=C(CNC[C@]1(O)CCCN(Cc2cccc(F)c2F)C1=O)NC1CC1. The van der Waals surface area contributed by atoms with Gasteiger partial charge in [-0.25, -0.2) is 8.78 Å². The summed E-state index contributed by atoms with van der Waals surface area (Å²) in [6.45, 7) is 0.211. The predicted octanol–water partition coefficient (Wildman–Crippen LogP) is 0.686. The number of amides is 2. The zero-order valence-corrected chi connectivity index (χ0v) is 14.4. The van der Waals surface area contributed by atoms with E-state index in [0.29, 0.717) is 13.0 Å². The lowest BCUT2D eigenvalue weighted by molar-refractivity contribution is -0.157. The van der Waals surface area contributed by atoms with E-state index in [-0.39, 0.29) is 43.6 Å². The van der Waals surface area contributed by atoms with Crippen LogP contribution < -0.4 is 10.6 Å². The van der Waals surface area contributed by atoms with Gasteiger partial charge in [-0.15, -0.1) is 0 Å². The van der Waals surface area contributed by atoms with Crippen molar-refractivity contribution in [2.45, 2.75) is 43.9 Å². The zero-order chi connectivity index (χ0) is 18.7. The number of hydrogen-bond donors (Lipinski definition) is 3. The standard InChI is InChI=1S/C18H23F2N3O3/c19-14-4-1-3-12(16(14)20)10-23-8-2-7-18(26,17(23)25)11-21-9-15(24)22-13-5-6-13/h1,3-4,13,21,26H,2,5-11H2,(H,22,24)/t18-/m1/s1. The van der Waals surface area contributed by atoms with Crippen LogP contribution in [0, 0.1) is 11.6 Å². The largest absolute Gasteiger partial charge is 0.379 e. The molecule has 0 bridgehead atoms. The molecule has 0 unspecified atom stereocenters. The van der Waals surface area contributed by atoms with Crippen LogP contribution in [-0.4, -0.2) is 53.1 Å². The van der Waals surface area contributed by atoms with Crippen LogP contribution in [0.4, 0.5) is 8.78 Å². The van der Waals surface area contributed by atoms with E-state index in [0.717, 1.165) is 18.9 Å². The summed E-state index contributed by atoms with van der Waals surface area (Å²) in [5.41, 5.74) is -1.58. The first-order valence-electron chi connectivity index (χ1n) is 8.84. The maximum Gasteiger partial charge on any atom is 0.256 e. The highest BCUT2D eigenvalue weighted by Crippen LogP contribution is 2.25. The fourth-order valence-corrected chi connectivity index (χ4v) is 3.15. The van der Waals surface area contributed by atoms with Crippen molar-refractivity contribution < 1.29 is 23.5 Å². The van der Waals surface area contributed by atoms with Gasteiger partial charge in [0.05, 0.1) is 6.54 Å². The van der Waals surface area contributed by atoms with Gasteiger partial charge in [0, 0.05) is 31.2 Å². The Morgan fingerprint density at radius 3 is 2.85 bits per heavy atom. The number of aliphatic hydroxyl groups is 1. The molecule has 0 radical (unpaired) electrons. The van der Waals surface area contributed by atoms with E-state index in [1.807, 2.05) is 0 Å². The monoisotopic (exact) mass is 367 g/mol. The number of carbonyl (C=O) groups is 2. The van der Waals surface area contributed by atoms with Gasteiger partial charge in [0.25, 0.3) is 5.91 Å². The molecule has 2 aliphatic rings. The molecule has 2 fully saturated rings. The van der Waals surface area contributed by atoms with Crippen LogP contribution >= 0.6 is 0 Å². The van der Waals surface area contributed by atoms with Gasteiger partial charge in [0.15, 0.2) is 17.2 Å². The van der Waals surface area contributed by atoms with E-state index >= 15 is 0 Å². The molecule has 1 heterocycles. The highest BCUT2D eigenvalue weighted by molar-refractivity contribution is 5.86. The van der Waals surface area contributed by atoms with Crippen molar-refractivity contribution in [3.05, 3.63) is 35.4 Å². The molecule has 1 aliphatic heterocycles. The highest BCUT2D eigenvalue weighted by atomic mass is 19.2. The van der Waals surface area contributed by atoms with Gasteiger partial charge in [0.2, 0.25) is 5.91 Å². The Morgan fingerprint density at radius 1 is 1.35 bits per heavy atom. The molecule has 1 saturated heterocycles. The molecule has 1 aromatic rings. The van der Waals surface area contributed by atoms with E-state index in [1.54, 1.807) is 0 Å². The Kier molecular flexibility index (Phi) is 5.52. The molecule has 2 amide bonds. The Labute approximate surface area is 150 Å². The minimum absolute atomic E-state index is 0.0185. The zero-order valence-electron chi connectivity index (χ0n) is 14.4. The lowest BCUT2D eigenvalue weighted by atomic mass is 9.91. The Bertz CT molecular complexity index is 696. The number of halogens is 2. The molecule has 3 N–H and O–H groups in total. The van der Waals surface area contributed by atoms with Crippen molar-refractivity contribution >= 4 is 11.8 Å². The minimum Gasteiger partial charge on any atom is -0.379 e. The van der Waals surface area contributed by atoms with Crippen molar-refractivity contribution in [2.24, 2.45) is 0 Å². The summed E-state index contributed by atoms with van der Waals surface area (Å²) in [5, 5.41) is 16.3. The summed E-state index contributed by atoms with van der Waals surface area (Å²) in [6, 6.07) is 4.07. The molecule has 1 aromatic carbocycles. The minimum atomic E-state index is -1.65. The van der Waals surface area contributed by atoms with Crippen molar-refractivity contribution in [1.29, 1.82) is 0 Å². The van der Waals surface area contributed by atoms with Crippen LogP contribution in [0.15, 0.2) is 18.2 Å². The highest BCUT2D eigenvalue weighted by Gasteiger charge is 2.42. The van der Waals surface area contributed by atoms with Gasteiger partial charge in [-0.1, -0.05) is 12.1 Å². The van der Waals surface area contributed by atoms with Gasteiger partial charge in [0.1, 0.15) is 0 Å². The molecule has 1 aliphatic carbocycles. The topological polar surface area (TPSA) is 81.7 Å². The van der Waals surface area contributed by atoms with E-state index in [4.69, 9.17) is 0 Å². The van der Waals surface area contributed by atoms with Gasteiger partial charge in [-0.05, 0) is 31.7 Å². The first-order chi connectivity index (χ1) is 12.4. The third-order valence-corrected chi connectivity index (χ3v) is 4.74. The summed E-state index contributed by atoms with van der Waals surface area (Å²) in [5.74, 6) is -2.66. The number of likely N-dealkylation sites (tertiary alicyclic amines) is 1. The van der Waals surface area contributed by atoms with Gasteiger partial charge in [-0.3, -0.25) is 9.59 Å². The molecule has 6 nitrogen and oxygen atoms in total. The average Bonchev–Trinajstić information content (AvgIpc) is 3.40. The molecule has 142 valence electrons. The van der Waals surface area contributed by atoms with Crippen molar-refractivity contribution in [3.8, 4) is 0 Å². The summed E-state index contributed by atoms with van der Waals surface area (Å²) in [4.78, 5) is 25.6. The number of nitrogens with zero attached hydrogens (tertiary/aromatic N) is 1. The second-order valence-corrected chi connectivity index (χ2v) is 7.02. The molecule has 0 aromatic heterocycles. The van der Waals surface area contributed by atoms with Crippen molar-refractivity contribution in [3.63, 3.8) is 0 Å². The van der Waals surface area contributed by atoms with Crippen LogP contribution in [0.25, 0.3) is 0 Å². The van der Waals surface area contributed by atoms with E-state index in [9.17, 15) is 23.5 Å². The second-order valence-electron chi connectivity index (χ2n) is 7.02. The molecule has 0 spiro atoms. The van der Waals surface area contributed by atoms with Crippen LogP contribution in [0.1, 0.15) is 31.2 Å². The number of piperidine rings is 1. The number of benzene rings is 1. The Morgan fingerprint density at radius 2 is 2.12 bits per heavy atom. The van der Waals surface area contributed by atoms with Gasteiger partial charge >= 0.3 is 0 Å². The van der Waals surface area contributed by atoms with Crippen LogP contribution in [0.2, 0.25) is 0 Å². The smallest absolute Gasteiger partial charge is 0.256 e. The summed E-state index contributed by atoms with van der Waals surface area (Å²) in [7, 11) is 0. The lowest BCUT2D eigenvalue weighted by Crippen LogP contribution is -2.58. The predicted molar refractivity (Wildman–Crippen MR) is 90.0 cm³/mol. The van der Waals surface area contributed by atoms with Gasteiger partial charge in [-0.2, -0.15) is 0 Å². The first kappa shape index (κ1) is 18.7. The van der Waals surface area contributed by atoms with Crippen LogP contribution in [0.5, 0.6) is 0 Å². The fourth-order valence-electron chi connectivity index (χ4n) is 3.15.